The normalized spacial score (nSPS) is 11.0. The fourth-order valence-corrected chi connectivity index (χ4v) is 2.26. The van der Waals surface area contributed by atoms with Gasteiger partial charge in [0, 0.05) is 18.2 Å². The first-order valence-electron chi connectivity index (χ1n) is 7.35. The van der Waals surface area contributed by atoms with Crippen molar-refractivity contribution in [2.24, 2.45) is 0 Å². The van der Waals surface area contributed by atoms with Crippen LogP contribution in [0.15, 0.2) is 70.1 Å². The number of halogens is 1. The molecule has 2 aromatic carbocycles. The van der Waals surface area contributed by atoms with Gasteiger partial charge >= 0.3 is 0 Å². The molecule has 0 aliphatic heterocycles. The van der Waals surface area contributed by atoms with E-state index in [-0.39, 0.29) is 23.4 Å². The molecule has 1 aromatic heterocycles. The highest BCUT2D eigenvalue weighted by molar-refractivity contribution is 5.92. The Morgan fingerprint density at radius 1 is 1.12 bits per heavy atom. The number of carbonyl (C=O) groups is 1. The number of rotatable bonds is 4. The molecule has 1 amide bonds. The van der Waals surface area contributed by atoms with Gasteiger partial charge in [0.2, 0.25) is 5.91 Å². The lowest BCUT2D eigenvalue weighted by Gasteiger charge is -2.03. The Bertz CT molecular complexity index is 976. The summed E-state index contributed by atoms with van der Waals surface area (Å²) in [6, 6.07) is 13.1. The monoisotopic (exact) mass is 323 g/mol. The third-order valence-electron chi connectivity index (χ3n) is 3.53. The minimum absolute atomic E-state index is 0.0716. The van der Waals surface area contributed by atoms with E-state index in [1.54, 1.807) is 42.5 Å². The van der Waals surface area contributed by atoms with Gasteiger partial charge in [0.05, 0.1) is 10.9 Å². The molecule has 24 heavy (non-hydrogen) atoms. The topological polar surface area (TPSA) is 59.3 Å². The first kappa shape index (κ1) is 15.7. The van der Waals surface area contributed by atoms with E-state index in [1.165, 1.54) is 24.5 Å². The van der Waals surface area contributed by atoms with E-state index in [9.17, 15) is 14.0 Å². The summed E-state index contributed by atoms with van der Waals surface area (Å²) < 4.78 is 18.8. The summed E-state index contributed by atoms with van der Waals surface area (Å²) in [6.45, 7) is 0.0716. The van der Waals surface area contributed by atoms with E-state index >= 15 is 0 Å². The van der Waals surface area contributed by atoms with Gasteiger partial charge < -0.3 is 9.73 Å². The second-order valence-corrected chi connectivity index (χ2v) is 5.16. The second-order valence-electron chi connectivity index (χ2n) is 5.16. The minimum atomic E-state index is -0.425. The van der Waals surface area contributed by atoms with Gasteiger partial charge in [-0.25, -0.2) is 4.39 Å². The fourth-order valence-electron chi connectivity index (χ4n) is 2.26. The molecule has 0 saturated heterocycles. The molecule has 1 heterocycles. The van der Waals surface area contributed by atoms with Crippen LogP contribution in [-0.2, 0) is 11.3 Å². The Labute approximate surface area is 137 Å². The van der Waals surface area contributed by atoms with Crippen molar-refractivity contribution in [3.8, 4) is 0 Å². The molecule has 5 heteroatoms. The zero-order chi connectivity index (χ0) is 16.9. The minimum Gasteiger partial charge on any atom is -0.463 e. The van der Waals surface area contributed by atoms with E-state index in [4.69, 9.17) is 4.42 Å². The Balaban J connectivity index is 1.71. The number of benzene rings is 2. The summed E-state index contributed by atoms with van der Waals surface area (Å²) in [4.78, 5) is 24.1. The number of fused-ring (bicyclic) bond motifs is 1. The van der Waals surface area contributed by atoms with Gasteiger partial charge in [-0.05, 0) is 24.3 Å². The van der Waals surface area contributed by atoms with Crippen LogP contribution in [0.1, 0.15) is 11.1 Å². The summed E-state index contributed by atoms with van der Waals surface area (Å²) in [6.07, 6.45) is 3.92. The van der Waals surface area contributed by atoms with Crippen molar-refractivity contribution in [1.29, 1.82) is 0 Å². The summed E-state index contributed by atoms with van der Waals surface area (Å²) in [7, 11) is 0. The lowest BCUT2D eigenvalue weighted by atomic mass is 10.1. The summed E-state index contributed by atoms with van der Waals surface area (Å²) >= 11 is 0. The van der Waals surface area contributed by atoms with Gasteiger partial charge in [-0.3, -0.25) is 9.59 Å². The standard InChI is InChI=1S/C19H14FNO3/c20-16-7-3-1-5-13(16)11-21-18(22)10-9-14-12-24-17-8-4-2-6-15(17)19(14)23/h1-10,12H,11H2,(H,21,22)/b10-9+. The molecule has 4 nitrogen and oxygen atoms in total. The molecular weight excluding hydrogens is 309 g/mol. The molecule has 0 spiro atoms. The maximum Gasteiger partial charge on any atom is 0.244 e. The predicted octanol–water partition coefficient (Wildman–Crippen LogP) is 3.26. The Morgan fingerprint density at radius 2 is 1.88 bits per heavy atom. The molecule has 3 rings (SSSR count). The lowest BCUT2D eigenvalue weighted by molar-refractivity contribution is -0.116. The van der Waals surface area contributed by atoms with Crippen molar-refractivity contribution in [2.75, 3.05) is 0 Å². The maximum absolute atomic E-state index is 13.5. The van der Waals surface area contributed by atoms with Gasteiger partial charge in [-0.2, -0.15) is 0 Å². The van der Waals surface area contributed by atoms with Crippen molar-refractivity contribution < 1.29 is 13.6 Å². The average molecular weight is 323 g/mol. The number of hydrogen-bond donors (Lipinski definition) is 1. The summed E-state index contributed by atoms with van der Waals surface area (Å²) in [5.74, 6) is -0.803. The van der Waals surface area contributed by atoms with Crippen LogP contribution in [0.3, 0.4) is 0 Å². The highest BCUT2D eigenvalue weighted by Gasteiger charge is 2.05. The fraction of sp³-hybridized carbons (Fsp3) is 0.0526. The number of nitrogens with one attached hydrogen (secondary N) is 1. The molecule has 0 saturated carbocycles. The first-order valence-corrected chi connectivity index (χ1v) is 7.35. The first-order chi connectivity index (χ1) is 11.6. The summed E-state index contributed by atoms with van der Waals surface area (Å²) in [5, 5.41) is 3.02. The predicted molar refractivity (Wildman–Crippen MR) is 89.8 cm³/mol. The van der Waals surface area contributed by atoms with Gasteiger partial charge in [0.25, 0.3) is 0 Å². The Hall–Kier alpha value is -3.21. The molecule has 0 atom stereocenters. The van der Waals surface area contributed by atoms with Gasteiger partial charge in [0.15, 0.2) is 5.43 Å². The molecule has 0 fully saturated rings. The molecule has 0 aliphatic rings. The number of hydrogen-bond acceptors (Lipinski definition) is 3. The smallest absolute Gasteiger partial charge is 0.244 e. The van der Waals surface area contributed by atoms with Crippen LogP contribution in [0, 0.1) is 5.82 Å². The number of carbonyl (C=O) groups excluding carboxylic acids is 1. The average Bonchev–Trinajstić information content (AvgIpc) is 2.61. The zero-order valence-corrected chi connectivity index (χ0v) is 12.7. The molecule has 0 bridgehead atoms. The van der Waals surface area contributed by atoms with Gasteiger partial charge in [-0.1, -0.05) is 30.3 Å². The highest BCUT2D eigenvalue weighted by atomic mass is 19.1. The van der Waals surface area contributed by atoms with Gasteiger partial charge in [-0.15, -0.1) is 0 Å². The quantitative estimate of drug-likeness (QED) is 0.750. The highest BCUT2D eigenvalue weighted by Crippen LogP contribution is 2.11. The molecule has 1 N–H and O–H groups in total. The SMILES string of the molecule is O=C(/C=C/c1coc2ccccc2c1=O)NCc1ccccc1F. The van der Waals surface area contributed by atoms with Crippen LogP contribution in [-0.4, -0.2) is 5.91 Å². The molecule has 120 valence electrons. The van der Waals surface area contributed by atoms with Gasteiger partial charge in [0.1, 0.15) is 17.7 Å². The largest absolute Gasteiger partial charge is 0.463 e. The van der Waals surface area contributed by atoms with Crippen LogP contribution in [0.4, 0.5) is 4.39 Å². The van der Waals surface area contributed by atoms with Crippen molar-refractivity contribution >= 4 is 23.0 Å². The molecule has 0 unspecified atom stereocenters. The van der Waals surface area contributed by atoms with Crippen LogP contribution in [0.25, 0.3) is 17.0 Å². The van der Waals surface area contributed by atoms with E-state index < -0.39 is 5.91 Å². The van der Waals surface area contributed by atoms with Crippen molar-refractivity contribution in [3.63, 3.8) is 0 Å². The van der Waals surface area contributed by atoms with Crippen molar-refractivity contribution in [3.05, 3.63) is 88.0 Å². The maximum atomic E-state index is 13.5. The number of para-hydroxylation sites is 1. The number of amides is 1. The molecule has 0 radical (unpaired) electrons. The Morgan fingerprint density at radius 3 is 2.71 bits per heavy atom. The lowest BCUT2D eigenvalue weighted by Crippen LogP contribution is -2.21. The van der Waals surface area contributed by atoms with Crippen molar-refractivity contribution in [2.45, 2.75) is 6.54 Å². The van der Waals surface area contributed by atoms with Crippen LogP contribution < -0.4 is 10.7 Å². The molecule has 3 aromatic rings. The third-order valence-corrected chi connectivity index (χ3v) is 3.53. The second kappa shape index (κ2) is 6.91. The summed E-state index contributed by atoms with van der Waals surface area (Å²) in [5.41, 5.74) is 0.942. The zero-order valence-electron chi connectivity index (χ0n) is 12.7. The van der Waals surface area contributed by atoms with E-state index in [1.807, 2.05) is 0 Å². The van der Waals surface area contributed by atoms with Crippen LogP contribution in [0.2, 0.25) is 0 Å². The van der Waals surface area contributed by atoms with E-state index in [2.05, 4.69) is 5.32 Å². The van der Waals surface area contributed by atoms with E-state index in [0.717, 1.165) is 0 Å². The van der Waals surface area contributed by atoms with E-state index in [0.29, 0.717) is 16.5 Å². The Kier molecular flexibility index (Phi) is 4.52. The molecular formula is C19H14FNO3. The van der Waals surface area contributed by atoms with Crippen molar-refractivity contribution in [1.82, 2.24) is 5.32 Å². The van der Waals surface area contributed by atoms with Crippen LogP contribution in [0.5, 0.6) is 0 Å². The molecule has 0 aliphatic carbocycles. The van der Waals surface area contributed by atoms with Crippen LogP contribution >= 0.6 is 0 Å². The third kappa shape index (κ3) is 3.41.